The van der Waals surface area contributed by atoms with Crippen LogP contribution in [0.3, 0.4) is 0 Å². The Morgan fingerprint density at radius 3 is 2.25 bits per heavy atom. The molecular weight excluding hydrogens is 170 g/mol. The molecule has 1 atom stereocenters. The van der Waals surface area contributed by atoms with E-state index in [1.54, 1.807) is 0 Å². The molecule has 2 nitrogen and oxygen atoms in total. The maximum absolute atomic E-state index is 9.91. The summed E-state index contributed by atoms with van der Waals surface area (Å²) in [6, 6.07) is 0. The zero-order valence-electron chi connectivity index (χ0n) is 4.76. The molecule has 1 radical (unpaired) electrons. The Morgan fingerprint density at radius 1 is 1.62 bits per heavy atom. The van der Waals surface area contributed by atoms with Crippen molar-refractivity contribution in [2.45, 2.75) is 19.8 Å². The summed E-state index contributed by atoms with van der Waals surface area (Å²) in [4.78, 5) is 8.19. The Bertz CT molecular complexity index is 67.1. The van der Waals surface area contributed by atoms with E-state index >= 15 is 0 Å². The van der Waals surface area contributed by atoms with Crippen molar-refractivity contribution in [3.05, 3.63) is 0 Å². The van der Waals surface area contributed by atoms with Gasteiger partial charge in [-0.3, -0.25) is 0 Å². The van der Waals surface area contributed by atoms with Crippen LogP contribution in [0.5, 0.6) is 0 Å². The number of rotatable bonds is 3. The molecule has 0 saturated heterocycles. The van der Waals surface area contributed by atoms with Gasteiger partial charge in [-0.05, 0) is 11.0 Å². The predicted molar refractivity (Wildman–Crippen MR) is 29.6 cm³/mol. The Hall–Kier alpha value is 0.566. The summed E-state index contributed by atoms with van der Waals surface area (Å²) in [5, 5.41) is 0. The van der Waals surface area contributed by atoms with Crippen LogP contribution in [-0.4, -0.2) is 11.1 Å². The summed E-state index contributed by atoms with van der Waals surface area (Å²) < 4.78 is 9.91. The van der Waals surface area contributed by atoms with Crippen LogP contribution in [0.1, 0.15) is 19.8 Å². The van der Waals surface area contributed by atoms with Crippen molar-refractivity contribution in [2.75, 3.05) is 6.16 Å². The fourth-order valence-electron chi connectivity index (χ4n) is 0.293. The molecule has 0 heterocycles. The maximum atomic E-state index is 9.91. The molecule has 0 aliphatic rings. The van der Waals surface area contributed by atoms with Gasteiger partial charge in [0.05, 0.1) is 0 Å². The van der Waals surface area contributed by atoms with Gasteiger partial charge in [0.2, 0.25) is 0 Å². The van der Waals surface area contributed by atoms with E-state index in [0.29, 0.717) is 6.16 Å². The molecule has 0 aromatic carbocycles. The molecular formula is C4H10CoO2P+. The first-order chi connectivity index (χ1) is 3.27. The molecule has 0 aromatic heterocycles. The molecule has 0 aliphatic heterocycles. The van der Waals surface area contributed by atoms with Crippen LogP contribution in [0.2, 0.25) is 0 Å². The molecule has 0 spiro atoms. The summed E-state index contributed by atoms with van der Waals surface area (Å²) in [5.74, 6) is 0. The van der Waals surface area contributed by atoms with Gasteiger partial charge >= 0.3 is 8.03 Å². The average Bonchev–Trinajstić information content (AvgIpc) is 1.61. The summed E-state index contributed by atoms with van der Waals surface area (Å²) >= 11 is 0. The van der Waals surface area contributed by atoms with Gasteiger partial charge in [0, 0.05) is 16.8 Å². The van der Waals surface area contributed by atoms with Crippen LogP contribution in [0.25, 0.3) is 0 Å². The first-order valence-corrected chi connectivity index (χ1v) is 3.80. The van der Waals surface area contributed by atoms with Crippen LogP contribution >= 0.6 is 8.03 Å². The first-order valence-electron chi connectivity index (χ1n) is 2.41. The molecule has 0 rings (SSSR count). The van der Waals surface area contributed by atoms with E-state index in [2.05, 4.69) is 0 Å². The van der Waals surface area contributed by atoms with Crippen molar-refractivity contribution in [2.24, 2.45) is 0 Å². The molecule has 0 aromatic rings. The van der Waals surface area contributed by atoms with Gasteiger partial charge in [-0.15, -0.1) is 0 Å². The van der Waals surface area contributed by atoms with Gasteiger partial charge in [0.1, 0.15) is 0 Å². The first kappa shape index (κ1) is 11.4. The molecule has 0 bridgehead atoms. The van der Waals surface area contributed by atoms with Gasteiger partial charge in [-0.2, -0.15) is 4.89 Å². The fraction of sp³-hybridized carbons (Fsp3) is 1.00. The second-order valence-corrected chi connectivity index (χ2v) is 2.58. The fourth-order valence-corrected chi connectivity index (χ4v) is 0.880. The van der Waals surface area contributed by atoms with Crippen molar-refractivity contribution >= 4 is 8.03 Å². The van der Waals surface area contributed by atoms with Crippen LogP contribution in [0.15, 0.2) is 0 Å². The van der Waals surface area contributed by atoms with E-state index in [9.17, 15) is 4.57 Å². The van der Waals surface area contributed by atoms with Crippen molar-refractivity contribution in [3.8, 4) is 0 Å². The summed E-state index contributed by atoms with van der Waals surface area (Å²) in [6.45, 7) is 2.00. The van der Waals surface area contributed by atoms with Gasteiger partial charge in [0.15, 0.2) is 6.16 Å². The third-order valence-electron chi connectivity index (χ3n) is 0.703. The Kier molecular flexibility index (Phi) is 10.8. The smallest absolute Gasteiger partial charge is 0.161 e. The normalized spacial score (nSPS) is 10.0. The molecule has 0 fully saturated rings. The summed E-state index contributed by atoms with van der Waals surface area (Å²) in [7, 11) is -1.86. The second kappa shape index (κ2) is 7.57. The molecule has 0 aliphatic carbocycles. The molecule has 0 saturated carbocycles. The molecule has 0 amide bonds. The minimum Gasteiger partial charge on any atom is -0.161 e. The van der Waals surface area contributed by atoms with E-state index < -0.39 is 8.03 Å². The van der Waals surface area contributed by atoms with E-state index in [1.165, 1.54) is 0 Å². The maximum Gasteiger partial charge on any atom is 0.505 e. The van der Waals surface area contributed by atoms with E-state index in [-0.39, 0.29) is 16.8 Å². The summed E-state index contributed by atoms with van der Waals surface area (Å²) in [6.07, 6.45) is 2.33. The Balaban J connectivity index is 0. The van der Waals surface area contributed by atoms with Gasteiger partial charge in [0.25, 0.3) is 0 Å². The average molecular weight is 180 g/mol. The van der Waals surface area contributed by atoms with Crippen molar-refractivity contribution in [1.82, 2.24) is 0 Å². The van der Waals surface area contributed by atoms with Crippen molar-refractivity contribution in [1.29, 1.82) is 0 Å². The van der Waals surface area contributed by atoms with Crippen LogP contribution < -0.4 is 0 Å². The van der Waals surface area contributed by atoms with Gasteiger partial charge in [-0.25, -0.2) is 0 Å². The molecule has 8 heavy (non-hydrogen) atoms. The van der Waals surface area contributed by atoms with E-state index in [0.717, 1.165) is 12.8 Å². The van der Waals surface area contributed by atoms with E-state index in [4.69, 9.17) is 4.89 Å². The van der Waals surface area contributed by atoms with Crippen molar-refractivity contribution in [3.63, 3.8) is 0 Å². The standard InChI is InChI=1S/C4H9O2P.Co/c1-2-3-4-7(5)6;/h2-4H2,1H3;/p+1. The predicted octanol–water partition coefficient (Wildman–Crippen LogP) is 1.52. The van der Waals surface area contributed by atoms with Crippen LogP contribution in [0, 0.1) is 0 Å². The van der Waals surface area contributed by atoms with Gasteiger partial charge < -0.3 is 0 Å². The quantitative estimate of drug-likeness (QED) is 0.668. The third-order valence-corrected chi connectivity index (χ3v) is 1.40. The van der Waals surface area contributed by atoms with Gasteiger partial charge in [-0.1, -0.05) is 13.3 Å². The molecule has 51 valence electrons. The SMILES string of the molecule is CCCC[P+](=O)O.[Co]. The van der Waals surface area contributed by atoms with Crippen molar-refractivity contribution < 1.29 is 26.2 Å². The van der Waals surface area contributed by atoms with Crippen LogP contribution in [0.4, 0.5) is 0 Å². The number of hydrogen-bond donors (Lipinski definition) is 1. The largest absolute Gasteiger partial charge is 0.505 e. The van der Waals surface area contributed by atoms with E-state index in [1.807, 2.05) is 6.92 Å². The zero-order valence-corrected chi connectivity index (χ0v) is 6.69. The van der Waals surface area contributed by atoms with Crippen LogP contribution in [-0.2, 0) is 21.3 Å². The Labute approximate surface area is 60.7 Å². The number of hydrogen-bond acceptors (Lipinski definition) is 1. The topological polar surface area (TPSA) is 37.3 Å². The molecule has 1 N–H and O–H groups in total. The zero-order chi connectivity index (χ0) is 5.70. The monoisotopic (exact) mass is 180 g/mol. The molecule has 1 unspecified atom stereocenters. The minimum atomic E-state index is -1.86. The minimum absolute atomic E-state index is 0. The summed E-state index contributed by atoms with van der Waals surface area (Å²) in [5.41, 5.74) is 0. The number of unbranched alkanes of at least 4 members (excludes halogenated alkanes) is 1. The second-order valence-electron chi connectivity index (χ2n) is 1.43. The molecule has 4 heteroatoms. The Morgan fingerprint density at radius 2 is 2.12 bits per heavy atom. The third kappa shape index (κ3) is 9.76.